The second kappa shape index (κ2) is 13.0. The van der Waals surface area contributed by atoms with Crippen LogP contribution in [0.25, 0.3) is 32.2 Å². The van der Waals surface area contributed by atoms with Crippen molar-refractivity contribution in [2.24, 2.45) is 0 Å². The molecule has 1 N–H and O–H groups in total. The number of benzene rings is 2. The van der Waals surface area contributed by atoms with E-state index in [1.54, 1.807) is 30.3 Å². The Hall–Kier alpha value is -4.65. The van der Waals surface area contributed by atoms with E-state index in [4.69, 9.17) is 16.3 Å². The first-order valence-electron chi connectivity index (χ1n) is 14.8. The molecule has 49 heavy (non-hydrogen) atoms. The SMILES string of the molecule is Cc1nc2cc(C(F)(F)F)c(CN3CCC(F)(F)CC3)c(C#N)c2c(=O)n1CCOc1ccc(Cl)cc1-c1ccnc2c(C(=O)O)csc12. The number of hydrogen-bond donors (Lipinski definition) is 1. The molecule has 5 aromatic rings. The fraction of sp³-hybridized carbons (Fsp3) is 0.303. The Morgan fingerprint density at radius 3 is 2.59 bits per heavy atom. The number of carboxylic acids is 1. The van der Waals surface area contributed by atoms with Gasteiger partial charge in [0.25, 0.3) is 11.5 Å². The molecule has 1 aliphatic rings. The number of aromatic nitrogens is 3. The van der Waals surface area contributed by atoms with Crippen LogP contribution >= 0.6 is 22.9 Å². The van der Waals surface area contributed by atoms with E-state index in [-0.39, 0.29) is 48.5 Å². The minimum Gasteiger partial charge on any atom is -0.491 e. The number of nitrogens with zero attached hydrogens (tertiary/aromatic N) is 5. The molecular formula is C33H25ClF5N5O4S. The third-order valence-corrected chi connectivity index (χ3v) is 9.66. The number of ether oxygens (including phenoxy) is 1. The van der Waals surface area contributed by atoms with Crippen LogP contribution in [-0.2, 0) is 19.3 Å². The lowest BCUT2D eigenvalue weighted by Crippen LogP contribution is -2.39. The van der Waals surface area contributed by atoms with Crippen molar-refractivity contribution in [1.29, 1.82) is 5.26 Å². The third kappa shape index (κ3) is 6.68. The molecule has 0 spiro atoms. The van der Waals surface area contributed by atoms with Gasteiger partial charge in [-0.25, -0.2) is 18.6 Å². The van der Waals surface area contributed by atoms with E-state index in [0.29, 0.717) is 32.1 Å². The van der Waals surface area contributed by atoms with Crippen LogP contribution in [0.15, 0.2) is 46.7 Å². The number of hydrogen-bond acceptors (Lipinski definition) is 8. The molecule has 1 aliphatic heterocycles. The van der Waals surface area contributed by atoms with Crippen molar-refractivity contribution in [3.8, 4) is 22.9 Å². The lowest BCUT2D eigenvalue weighted by atomic mass is 9.95. The second-order valence-electron chi connectivity index (χ2n) is 11.5. The molecule has 3 aromatic heterocycles. The number of halogens is 6. The van der Waals surface area contributed by atoms with Crippen LogP contribution < -0.4 is 10.3 Å². The molecular weight excluding hydrogens is 693 g/mol. The highest BCUT2D eigenvalue weighted by Crippen LogP contribution is 2.40. The van der Waals surface area contributed by atoms with E-state index in [1.165, 1.54) is 39.3 Å². The van der Waals surface area contributed by atoms with Gasteiger partial charge in [0.2, 0.25) is 0 Å². The summed E-state index contributed by atoms with van der Waals surface area (Å²) in [5.41, 5.74) is -1.70. The van der Waals surface area contributed by atoms with Crippen LogP contribution in [0.1, 0.15) is 45.7 Å². The highest BCUT2D eigenvalue weighted by atomic mass is 35.5. The molecule has 0 radical (unpaired) electrons. The van der Waals surface area contributed by atoms with Crippen molar-refractivity contribution >= 4 is 50.0 Å². The molecule has 0 amide bonds. The molecule has 0 atom stereocenters. The average molecular weight is 718 g/mol. The van der Waals surface area contributed by atoms with Gasteiger partial charge in [-0.3, -0.25) is 19.2 Å². The van der Waals surface area contributed by atoms with Crippen molar-refractivity contribution in [3.63, 3.8) is 0 Å². The summed E-state index contributed by atoms with van der Waals surface area (Å²) in [4.78, 5) is 35.4. The zero-order valence-corrected chi connectivity index (χ0v) is 27.1. The Balaban J connectivity index is 1.35. The topological polar surface area (TPSA) is 121 Å². The minimum atomic E-state index is -4.90. The summed E-state index contributed by atoms with van der Waals surface area (Å²) >= 11 is 7.50. The lowest BCUT2D eigenvalue weighted by Gasteiger charge is -2.32. The zero-order valence-electron chi connectivity index (χ0n) is 25.6. The number of alkyl halides is 5. The Kier molecular flexibility index (Phi) is 9.08. The quantitative estimate of drug-likeness (QED) is 0.164. The van der Waals surface area contributed by atoms with Crippen LogP contribution in [0.2, 0.25) is 5.02 Å². The number of aryl methyl sites for hydroxylation is 1. The third-order valence-electron chi connectivity index (χ3n) is 8.42. The van der Waals surface area contributed by atoms with Crippen LogP contribution in [0.3, 0.4) is 0 Å². The molecule has 0 aliphatic carbocycles. The van der Waals surface area contributed by atoms with Gasteiger partial charge in [0, 0.05) is 60.2 Å². The maximum Gasteiger partial charge on any atom is 0.416 e. The molecule has 1 fully saturated rings. The summed E-state index contributed by atoms with van der Waals surface area (Å²) in [6.45, 7) is 0.433. The van der Waals surface area contributed by atoms with Gasteiger partial charge in [0.05, 0.1) is 44.4 Å². The summed E-state index contributed by atoms with van der Waals surface area (Å²) in [5, 5.41) is 21.2. The van der Waals surface area contributed by atoms with Gasteiger partial charge in [-0.05, 0) is 42.8 Å². The molecule has 254 valence electrons. The number of carbonyl (C=O) groups is 1. The van der Waals surface area contributed by atoms with Crippen LogP contribution in [0.4, 0.5) is 22.0 Å². The molecule has 1 saturated heterocycles. The highest BCUT2D eigenvalue weighted by molar-refractivity contribution is 7.18. The number of piperidine rings is 1. The minimum absolute atomic E-state index is 0.0460. The van der Waals surface area contributed by atoms with E-state index < -0.39 is 59.7 Å². The number of carboxylic acid groups (broad SMARTS) is 1. The number of aromatic carboxylic acids is 1. The van der Waals surface area contributed by atoms with Crippen molar-refractivity contribution < 1.29 is 36.6 Å². The average Bonchev–Trinajstić information content (AvgIpc) is 3.48. The fourth-order valence-corrected chi connectivity index (χ4v) is 7.18. The van der Waals surface area contributed by atoms with Crippen molar-refractivity contribution in [2.45, 2.75) is 45.0 Å². The van der Waals surface area contributed by atoms with Gasteiger partial charge < -0.3 is 9.84 Å². The predicted molar refractivity (Wildman–Crippen MR) is 172 cm³/mol. The Morgan fingerprint density at radius 2 is 1.92 bits per heavy atom. The number of nitriles is 1. The number of likely N-dealkylation sites (tertiary alicyclic amines) is 1. The molecule has 2 aromatic carbocycles. The first kappa shape index (κ1) is 34.2. The van der Waals surface area contributed by atoms with Gasteiger partial charge >= 0.3 is 12.1 Å². The lowest BCUT2D eigenvalue weighted by molar-refractivity contribution is -0.138. The van der Waals surface area contributed by atoms with Crippen molar-refractivity contribution in [2.75, 3.05) is 19.7 Å². The van der Waals surface area contributed by atoms with E-state index in [2.05, 4.69) is 9.97 Å². The van der Waals surface area contributed by atoms with Gasteiger partial charge in [-0.15, -0.1) is 11.3 Å². The predicted octanol–water partition coefficient (Wildman–Crippen LogP) is 7.53. The molecule has 0 saturated carbocycles. The normalized spacial score (nSPS) is 15.1. The fourth-order valence-electron chi connectivity index (χ4n) is 5.98. The molecule has 6 rings (SSSR count). The largest absolute Gasteiger partial charge is 0.491 e. The van der Waals surface area contributed by atoms with Gasteiger partial charge in [-0.1, -0.05) is 11.6 Å². The van der Waals surface area contributed by atoms with Gasteiger partial charge in [0.15, 0.2) is 0 Å². The first-order valence-corrected chi connectivity index (χ1v) is 16.1. The van der Waals surface area contributed by atoms with Gasteiger partial charge in [0.1, 0.15) is 24.3 Å². The Bertz CT molecular complexity index is 2220. The van der Waals surface area contributed by atoms with E-state index >= 15 is 0 Å². The molecule has 0 unspecified atom stereocenters. The zero-order chi connectivity index (χ0) is 35.2. The summed E-state index contributed by atoms with van der Waals surface area (Å²) < 4.78 is 78.2. The maximum absolute atomic E-state index is 14.3. The standard InChI is InChI=1S/C33H25ClF5N5O4S/c1-17-42-25-13-24(33(37,38)39)22(15-43-8-5-32(35,36)6-9-43)21(14-40)27(25)30(45)44(17)10-11-48-26-3-2-18(34)12-20(26)19-4-7-41-28-23(31(46)47)16-49-29(19)28/h2-4,7,12-13,16H,5-6,8-11,15H2,1H3,(H,46,47). The molecule has 4 heterocycles. The summed E-state index contributed by atoms with van der Waals surface area (Å²) in [5.74, 6) is -3.62. The van der Waals surface area contributed by atoms with E-state index in [0.717, 1.165) is 6.07 Å². The molecule has 9 nitrogen and oxygen atoms in total. The Morgan fingerprint density at radius 1 is 1.18 bits per heavy atom. The first-order chi connectivity index (χ1) is 23.2. The summed E-state index contributed by atoms with van der Waals surface area (Å²) in [6, 6.07) is 9.03. The highest BCUT2D eigenvalue weighted by Gasteiger charge is 2.39. The number of pyridine rings is 1. The monoisotopic (exact) mass is 717 g/mol. The van der Waals surface area contributed by atoms with Crippen molar-refractivity contribution in [3.05, 3.63) is 85.4 Å². The van der Waals surface area contributed by atoms with Crippen LogP contribution in [0, 0.1) is 18.3 Å². The number of rotatable bonds is 8. The van der Waals surface area contributed by atoms with E-state index in [1.807, 2.05) is 0 Å². The van der Waals surface area contributed by atoms with Crippen LogP contribution in [-0.4, -0.2) is 56.1 Å². The summed E-state index contributed by atoms with van der Waals surface area (Å²) in [6.07, 6.45) is -4.50. The van der Waals surface area contributed by atoms with Crippen molar-refractivity contribution in [1.82, 2.24) is 19.4 Å². The summed E-state index contributed by atoms with van der Waals surface area (Å²) in [7, 11) is 0. The Labute approximate surface area is 283 Å². The number of thiophene rings is 1. The maximum atomic E-state index is 14.3. The smallest absolute Gasteiger partial charge is 0.416 e. The number of fused-ring (bicyclic) bond motifs is 2. The van der Waals surface area contributed by atoms with E-state index in [9.17, 15) is 41.9 Å². The molecule has 0 bridgehead atoms. The van der Waals surface area contributed by atoms with Gasteiger partial charge in [-0.2, -0.15) is 18.4 Å². The second-order valence-corrected chi connectivity index (χ2v) is 12.8. The molecule has 16 heteroatoms. The van der Waals surface area contributed by atoms with Crippen LogP contribution in [0.5, 0.6) is 5.75 Å².